The van der Waals surface area contributed by atoms with E-state index in [4.69, 9.17) is 11.6 Å². The van der Waals surface area contributed by atoms with E-state index in [2.05, 4.69) is 10.2 Å². The van der Waals surface area contributed by atoms with E-state index in [0.29, 0.717) is 10.6 Å². The molecule has 13 heavy (non-hydrogen) atoms. The molecule has 0 aliphatic heterocycles. The lowest BCUT2D eigenvalue weighted by Gasteiger charge is -1.99. The van der Waals surface area contributed by atoms with Crippen molar-refractivity contribution in [3.05, 3.63) is 34.5 Å². The molecule has 1 heterocycles. The Balaban J connectivity index is 2.59. The van der Waals surface area contributed by atoms with Crippen LogP contribution in [-0.4, -0.2) is 10.2 Å². The van der Waals surface area contributed by atoms with Crippen molar-refractivity contribution in [1.82, 2.24) is 10.2 Å². The molecule has 0 saturated heterocycles. The summed E-state index contributed by atoms with van der Waals surface area (Å²) in [5.74, 6) is -0.436. The van der Waals surface area contributed by atoms with Gasteiger partial charge in [0.2, 0.25) is 0 Å². The van der Waals surface area contributed by atoms with Crippen LogP contribution in [-0.2, 0) is 0 Å². The summed E-state index contributed by atoms with van der Waals surface area (Å²) in [5.41, 5.74) is 2.17. The zero-order chi connectivity index (χ0) is 9.26. The molecule has 2 rings (SSSR count). The fourth-order valence-corrected chi connectivity index (χ4v) is 1.82. The first kappa shape index (κ1) is 8.59. The van der Waals surface area contributed by atoms with Gasteiger partial charge in [0, 0.05) is 5.56 Å². The van der Waals surface area contributed by atoms with E-state index >= 15 is 0 Å². The van der Waals surface area contributed by atoms with E-state index < -0.39 is 5.82 Å². The van der Waals surface area contributed by atoms with Crippen LogP contribution in [0.15, 0.2) is 23.7 Å². The predicted octanol–water partition coefficient (Wildman–Crippen LogP) is 3.00. The molecular weight excluding hydrogens is 211 g/mol. The lowest BCUT2D eigenvalue weighted by atomic mass is 10.2. The number of hydrogen-bond donors (Lipinski definition) is 0. The monoisotopic (exact) mass is 214 g/mol. The average Bonchev–Trinajstić information content (AvgIpc) is 2.62. The zero-order valence-electron chi connectivity index (χ0n) is 6.37. The van der Waals surface area contributed by atoms with Gasteiger partial charge >= 0.3 is 0 Å². The van der Waals surface area contributed by atoms with Crippen molar-refractivity contribution >= 4 is 22.9 Å². The number of hydrogen-bond acceptors (Lipinski definition) is 3. The molecule has 0 amide bonds. The molecule has 0 radical (unpaired) electrons. The van der Waals surface area contributed by atoms with Gasteiger partial charge in [-0.3, -0.25) is 0 Å². The Hall–Kier alpha value is -1.00. The number of nitrogens with zero attached hydrogens (tertiary/aromatic N) is 2. The van der Waals surface area contributed by atoms with E-state index in [-0.39, 0.29) is 5.02 Å². The van der Waals surface area contributed by atoms with Gasteiger partial charge in [0.25, 0.3) is 0 Å². The molecule has 0 aliphatic carbocycles. The summed E-state index contributed by atoms with van der Waals surface area (Å²) in [5, 5.41) is 8.19. The van der Waals surface area contributed by atoms with Gasteiger partial charge in [-0.05, 0) is 6.07 Å². The highest BCUT2D eigenvalue weighted by Gasteiger charge is 2.09. The smallest absolute Gasteiger partial charge is 0.149 e. The molecule has 1 aromatic carbocycles. The van der Waals surface area contributed by atoms with Crippen molar-refractivity contribution in [2.75, 3.05) is 0 Å². The highest BCUT2D eigenvalue weighted by atomic mass is 35.5. The molecule has 0 spiro atoms. The first-order chi connectivity index (χ1) is 6.29. The minimum absolute atomic E-state index is 0.0965. The lowest BCUT2D eigenvalue weighted by molar-refractivity contribution is 0.629. The zero-order valence-corrected chi connectivity index (χ0v) is 7.94. The van der Waals surface area contributed by atoms with Crippen LogP contribution >= 0.6 is 22.9 Å². The molecule has 0 atom stereocenters. The van der Waals surface area contributed by atoms with Gasteiger partial charge in [0.05, 0.1) is 5.02 Å². The maximum absolute atomic E-state index is 13.0. The van der Waals surface area contributed by atoms with Crippen LogP contribution in [0.5, 0.6) is 0 Å². The van der Waals surface area contributed by atoms with E-state index in [0.717, 1.165) is 0 Å². The summed E-state index contributed by atoms with van der Waals surface area (Å²) >= 11 is 7.07. The van der Waals surface area contributed by atoms with Crippen LogP contribution < -0.4 is 0 Å². The highest BCUT2D eigenvalue weighted by molar-refractivity contribution is 7.12. The molecule has 5 heteroatoms. The third-order valence-electron chi connectivity index (χ3n) is 1.54. The van der Waals surface area contributed by atoms with Crippen LogP contribution in [0.2, 0.25) is 5.02 Å². The second kappa shape index (κ2) is 3.40. The van der Waals surface area contributed by atoms with E-state index in [1.54, 1.807) is 17.6 Å². The minimum Gasteiger partial charge on any atom is -0.205 e. The van der Waals surface area contributed by atoms with Crippen LogP contribution in [0, 0.1) is 5.82 Å². The Kier molecular flexibility index (Phi) is 2.24. The van der Waals surface area contributed by atoms with Gasteiger partial charge in [-0.1, -0.05) is 35.1 Å². The summed E-state index contributed by atoms with van der Waals surface area (Å²) in [7, 11) is 0. The van der Waals surface area contributed by atoms with Gasteiger partial charge < -0.3 is 0 Å². The van der Waals surface area contributed by atoms with E-state index in [9.17, 15) is 4.39 Å². The maximum Gasteiger partial charge on any atom is 0.149 e. The SMILES string of the molecule is Fc1cccc(-c2nncs2)c1Cl. The third kappa shape index (κ3) is 1.55. The first-order valence-corrected chi connectivity index (χ1v) is 4.75. The summed E-state index contributed by atoms with van der Waals surface area (Å²) < 4.78 is 13.0. The second-order valence-corrected chi connectivity index (χ2v) is 3.56. The molecule has 1 aromatic heterocycles. The Labute approximate surface area is 83.0 Å². The second-order valence-electron chi connectivity index (χ2n) is 2.35. The largest absolute Gasteiger partial charge is 0.205 e. The van der Waals surface area contributed by atoms with E-state index in [1.165, 1.54) is 17.4 Å². The molecule has 66 valence electrons. The normalized spacial score (nSPS) is 10.3. The Morgan fingerprint density at radius 1 is 1.38 bits per heavy atom. The topological polar surface area (TPSA) is 25.8 Å². The van der Waals surface area contributed by atoms with Crippen molar-refractivity contribution in [2.45, 2.75) is 0 Å². The van der Waals surface area contributed by atoms with Crippen molar-refractivity contribution in [3.63, 3.8) is 0 Å². The van der Waals surface area contributed by atoms with Crippen molar-refractivity contribution in [2.24, 2.45) is 0 Å². The molecule has 0 unspecified atom stereocenters. The molecule has 0 saturated carbocycles. The van der Waals surface area contributed by atoms with Crippen LogP contribution in [0.25, 0.3) is 10.6 Å². The van der Waals surface area contributed by atoms with Crippen molar-refractivity contribution in [3.8, 4) is 10.6 Å². The average molecular weight is 215 g/mol. The van der Waals surface area contributed by atoms with Crippen LogP contribution in [0.3, 0.4) is 0 Å². The molecule has 0 bridgehead atoms. The van der Waals surface area contributed by atoms with Gasteiger partial charge in [-0.2, -0.15) is 0 Å². The molecule has 0 aliphatic rings. The highest BCUT2D eigenvalue weighted by Crippen LogP contribution is 2.30. The first-order valence-electron chi connectivity index (χ1n) is 3.49. The number of aromatic nitrogens is 2. The minimum atomic E-state index is -0.436. The number of halogens is 2. The molecule has 2 aromatic rings. The molecule has 2 nitrogen and oxygen atoms in total. The fourth-order valence-electron chi connectivity index (χ4n) is 0.959. The third-order valence-corrected chi connectivity index (χ3v) is 2.65. The van der Waals surface area contributed by atoms with Crippen LogP contribution in [0.1, 0.15) is 0 Å². The fraction of sp³-hybridized carbons (Fsp3) is 0. The quantitative estimate of drug-likeness (QED) is 0.729. The summed E-state index contributed by atoms with van der Waals surface area (Å²) in [6, 6.07) is 4.62. The standard InChI is InChI=1S/C8H4ClFN2S/c9-7-5(2-1-3-6(7)10)8-12-11-4-13-8/h1-4H. The summed E-state index contributed by atoms with van der Waals surface area (Å²) in [4.78, 5) is 0. The number of benzene rings is 1. The maximum atomic E-state index is 13.0. The van der Waals surface area contributed by atoms with Crippen molar-refractivity contribution < 1.29 is 4.39 Å². The van der Waals surface area contributed by atoms with Gasteiger partial charge in [-0.25, -0.2) is 4.39 Å². The predicted molar refractivity (Wildman–Crippen MR) is 50.3 cm³/mol. The van der Waals surface area contributed by atoms with Gasteiger partial charge in [0.15, 0.2) is 0 Å². The van der Waals surface area contributed by atoms with Crippen LogP contribution in [0.4, 0.5) is 4.39 Å². The molecule has 0 fully saturated rings. The Bertz CT molecular complexity index is 416. The lowest BCUT2D eigenvalue weighted by Crippen LogP contribution is -1.82. The molecular formula is C8H4ClFN2S. The Morgan fingerprint density at radius 2 is 2.23 bits per heavy atom. The van der Waals surface area contributed by atoms with Crippen molar-refractivity contribution in [1.29, 1.82) is 0 Å². The van der Waals surface area contributed by atoms with Gasteiger partial charge in [-0.15, -0.1) is 10.2 Å². The Morgan fingerprint density at radius 3 is 2.92 bits per heavy atom. The van der Waals surface area contributed by atoms with E-state index in [1.807, 2.05) is 0 Å². The summed E-state index contributed by atoms with van der Waals surface area (Å²) in [6.07, 6.45) is 0. The number of rotatable bonds is 1. The molecule has 0 N–H and O–H groups in total. The summed E-state index contributed by atoms with van der Waals surface area (Å²) in [6.45, 7) is 0. The van der Waals surface area contributed by atoms with Gasteiger partial charge in [0.1, 0.15) is 16.3 Å².